The van der Waals surface area contributed by atoms with Crippen LogP contribution in [0.5, 0.6) is 0 Å². The quantitative estimate of drug-likeness (QED) is 0.494. The SMILES string of the molecule is C=C[Si](C)(C)C.O=C(O)C(F)(F)C(=O)C(F)(F)F. The largest absolute Gasteiger partial charge is 0.476 e. The number of aliphatic carboxylic acids is 1. The maximum absolute atomic E-state index is 11.8. The van der Waals surface area contributed by atoms with E-state index >= 15 is 0 Å². The van der Waals surface area contributed by atoms with Crippen LogP contribution in [0.15, 0.2) is 12.3 Å². The molecule has 0 unspecified atom stereocenters. The summed E-state index contributed by atoms with van der Waals surface area (Å²) in [7, 11) is -0.867. The van der Waals surface area contributed by atoms with E-state index in [1.165, 1.54) is 0 Å². The van der Waals surface area contributed by atoms with E-state index in [0.29, 0.717) is 0 Å². The van der Waals surface area contributed by atoms with Crippen LogP contribution in [-0.4, -0.2) is 37.0 Å². The number of rotatable bonds is 3. The predicted molar refractivity (Wildman–Crippen MR) is 57.2 cm³/mol. The molecule has 106 valence electrons. The van der Waals surface area contributed by atoms with E-state index in [1.54, 1.807) is 0 Å². The highest BCUT2D eigenvalue weighted by atomic mass is 28.3. The normalized spacial score (nSPS) is 12.2. The fourth-order valence-corrected chi connectivity index (χ4v) is 0.275. The summed E-state index contributed by atoms with van der Waals surface area (Å²) in [5.74, 6) is -12.1. The Morgan fingerprint density at radius 2 is 1.39 bits per heavy atom. The number of hydrogen-bond acceptors (Lipinski definition) is 2. The minimum absolute atomic E-state index is 0.867. The van der Waals surface area contributed by atoms with Gasteiger partial charge in [0.2, 0.25) is 0 Å². The van der Waals surface area contributed by atoms with Crippen molar-refractivity contribution in [3.05, 3.63) is 12.3 Å². The molecular formula is C9H13F5O3Si. The molecule has 0 bridgehead atoms. The van der Waals surface area contributed by atoms with Gasteiger partial charge in [0, 0.05) is 0 Å². The van der Waals surface area contributed by atoms with Crippen LogP contribution in [0.4, 0.5) is 22.0 Å². The van der Waals surface area contributed by atoms with Crippen molar-refractivity contribution in [1.29, 1.82) is 0 Å². The molecule has 1 N–H and O–H groups in total. The minimum atomic E-state index is -5.85. The molecule has 9 heteroatoms. The number of hydrogen-bond donors (Lipinski definition) is 1. The highest BCUT2D eigenvalue weighted by molar-refractivity contribution is 6.80. The summed E-state index contributed by atoms with van der Waals surface area (Å²) >= 11 is 0. The molecule has 0 heterocycles. The van der Waals surface area contributed by atoms with Crippen molar-refractivity contribution in [2.24, 2.45) is 0 Å². The van der Waals surface area contributed by atoms with E-state index < -0.39 is 31.9 Å². The number of carboxylic acids is 1. The topological polar surface area (TPSA) is 54.4 Å². The molecule has 0 saturated heterocycles. The number of ketones is 1. The molecule has 0 aliphatic rings. The molecule has 0 spiro atoms. The Bertz CT molecular complexity index is 330. The van der Waals surface area contributed by atoms with Gasteiger partial charge in [0.05, 0.1) is 8.07 Å². The summed E-state index contributed by atoms with van der Waals surface area (Å²) in [5.41, 5.74) is 2.08. The molecule has 0 aromatic carbocycles. The van der Waals surface area contributed by atoms with Gasteiger partial charge in [0.15, 0.2) is 0 Å². The molecule has 0 saturated carbocycles. The lowest BCUT2D eigenvalue weighted by Gasteiger charge is -2.11. The van der Waals surface area contributed by atoms with E-state index in [-0.39, 0.29) is 0 Å². The van der Waals surface area contributed by atoms with Gasteiger partial charge in [0.1, 0.15) is 0 Å². The van der Waals surface area contributed by atoms with Crippen LogP contribution in [0.2, 0.25) is 19.6 Å². The number of carbonyl (C=O) groups is 2. The Labute approximate surface area is 101 Å². The summed E-state index contributed by atoms with van der Waals surface area (Å²) in [6.07, 6.45) is -5.85. The molecule has 0 aliphatic carbocycles. The van der Waals surface area contributed by atoms with Crippen LogP contribution in [-0.2, 0) is 9.59 Å². The molecule has 0 amide bonds. The smallest absolute Gasteiger partial charge is 0.457 e. The minimum Gasteiger partial charge on any atom is -0.476 e. The second-order valence-electron chi connectivity index (χ2n) is 4.28. The lowest BCUT2D eigenvalue weighted by Crippen LogP contribution is -2.45. The van der Waals surface area contributed by atoms with Crippen molar-refractivity contribution in [1.82, 2.24) is 0 Å². The Balaban J connectivity index is 0. The first-order valence-electron chi connectivity index (χ1n) is 4.52. The van der Waals surface area contributed by atoms with Gasteiger partial charge in [0.25, 0.3) is 0 Å². The van der Waals surface area contributed by atoms with Gasteiger partial charge in [-0.2, -0.15) is 22.0 Å². The second kappa shape index (κ2) is 6.07. The molecule has 0 rings (SSSR count). The zero-order valence-corrected chi connectivity index (χ0v) is 10.9. The Kier molecular flexibility index (Phi) is 6.44. The highest BCUT2D eigenvalue weighted by Gasteiger charge is 2.60. The van der Waals surface area contributed by atoms with E-state index in [2.05, 4.69) is 31.9 Å². The molecule has 0 aliphatic heterocycles. The number of alkyl halides is 5. The Hall–Kier alpha value is -1.25. The first-order chi connectivity index (χ1) is 7.66. The summed E-state index contributed by atoms with van der Waals surface area (Å²) in [6, 6.07) is 0. The van der Waals surface area contributed by atoms with Crippen LogP contribution >= 0.6 is 0 Å². The molecule has 18 heavy (non-hydrogen) atoms. The summed E-state index contributed by atoms with van der Waals surface area (Å²) in [6.45, 7) is 10.5. The van der Waals surface area contributed by atoms with Gasteiger partial charge in [-0.15, -0.1) is 12.3 Å². The van der Waals surface area contributed by atoms with E-state index in [4.69, 9.17) is 5.11 Å². The fraction of sp³-hybridized carbons (Fsp3) is 0.556. The first-order valence-corrected chi connectivity index (χ1v) is 8.10. The van der Waals surface area contributed by atoms with Gasteiger partial charge in [-0.25, -0.2) is 4.79 Å². The highest BCUT2D eigenvalue weighted by Crippen LogP contribution is 2.27. The second-order valence-corrected chi connectivity index (χ2v) is 9.42. The van der Waals surface area contributed by atoms with Crippen molar-refractivity contribution in [2.45, 2.75) is 31.7 Å². The van der Waals surface area contributed by atoms with Gasteiger partial charge < -0.3 is 5.11 Å². The summed E-state index contributed by atoms with van der Waals surface area (Å²) < 4.78 is 57.2. The monoisotopic (exact) mass is 292 g/mol. The van der Waals surface area contributed by atoms with Crippen LogP contribution < -0.4 is 0 Å². The predicted octanol–water partition coefficient (Wildman–Crippen LogP) is 2.89. The molecular weight excluding hydrogens is 279 g/mol. The standard InChI is InChI=1S/C5H12Si.C4HF5O3/c1-5-6(2,3)4;5-3(6,2(11)12)1(10)4(7,8)9/h5H,1H2,2-4H3;(H,11,12). The zero-order chi connectivity index (χ0) is 15.4. The van der Waals surface area contributed by atoms with Crippen molar-refractivity contribution in [3.8, 4) is 0 Å². The Morgan fingerprint density at radius 1 is 1.11 bits per heavy atom. The van der Waals surface area contributed by atoms with Crippen molar-refractivity contribution >= 4 is 19.8 Å². The third kappa shape index (κ3) is 7.15. The molecule has 0 aromatic heterocycles. The van der Waals surface area contributed by atoms with Crippen LogP contribution in [0, 0.1) is 0 Å². The van der Waals surface area contributed by atoms with Crippen molar-refractivity contribution < 1.29 is 36.6 Å². The Morgan fingerprint density at radius 3 is 1.44 bits per heavy atom. The van der Waals surface area contributed by atoms with Gasteiger partial charge in [-0.1, -0.05) is 19.6 Å². The van der Waals surface area contributed by atoms with Crippen LogP contribution in [0.25, 0.3) is 0 Å². The maximum atomic E-state index is 11.8. The van der Waals surface area contributed by atoms with Gasteiger partial charge >= 0.3 is 23.9 Å². The zero-order valence-electron chi connectivity index (χ0n) is 9.94. The van der Waals surface area contributed by atoms with Gasteiger partial charge in [-0.05, 0) is 0 Å². The van der Waals surface area contributed by atoms with Crippen LogP contribution in [0.3, 0.4) is 0 Å². The summed E-state index contributed by atoms with van der Waals surface area (Å²) in [4.78, 5) is 19.1. The fourth-order valence-electron chi connectivity index (χ4n) is 0.275. The third-order valence-electron chi connectivity index (χ3n) is 1.42. The first kappa shape index (κ1) is 19.1. The molecule has 0 aromatic rings. The van der Waals surface area contributed by atoms with E-state index in [9.17, 15) is 31.5 Å². The average Bonchev–Trinajstić information content (AvgIpc) is 2.14. The lowest BCUT2D eigenvalue weighted by molar-refractivity contribution is -0.202. The number of carboxylic acid groups (broad SMARTS) is 1. The third-order valence-corrected chi connectivity index (χ3v) is 2.65. The molecule has 0 atom stereocenters. The lowest BCUT2D eigenvalue weighted by atomic mass is 10.2. The van der Waals surface area contributed by atoms with Gasteiger partial charge in [-0.3, -0.25) is 4.79 Å². The van der Waals surface area contributed by atoms with E-state index in [0.717, 1.165) is 0 Å². The molecule has 3 nitrogen and oxygen atoms in total. The van der Waals surface area contributed by atoms with E-state index in [1.807, 2.05) is 0 Å². The van der Waals surface area contributed by atoms with Crippen LogP contribution in [0.1, 0.15) is 0 Å². The summed E-state index contributed by atoms with van der Waals surface area (Å²) in [5, 5.41) is 7.50. The number of Topliss-reactive ketones (excluding diaryl/α,β-unsaturated/α-hetero) is 1. The molecule has 0 radical (unpaired) electrons. The maximum Gasteiger partial charge on any atom is 0.457 e. The number of halogens is 5. The number of carbonyl (C=O) groups excluding carboxylic acids is 1. The average molecular weight is 292 g/mol. The van der Waals surface area contributed by atoms with Crippen molar-refractivity contribution in [3.63, 3.8) is 0 Å². The van der Waals surface area contributed by atoms with Crippen molar-refractivity contribution in [2.75, 3.05) is 0 Å². The molecule has 0 fully saturated rings.